The number of rotatable bonds is 2. The summed E-state index contributed by atoms with van der Waals surface area (Å²) in [5.41, 5.74) is 6.21. The third kappa shape index (κ3) is 2.25. The predicted octanol–water partition coefficient (Wildman–Crippen LogP) is 1.04. The van der Waals surface area contributed by atoms with Crippen molar-refractivity contribution in [3.05, 3.63) is 23.9 Å². The van der Waals surface area contributed by atoms with Crippen molar-refractivity contribution in [3.8, 4) is 0 Å². The van der Waals surface area contributed by atoms with E-state index in [9.17, 15) is 4.79 Å². The van der Waals surface area contributed by atoms with Gasteiger partial charge in [-0.1, -0.05) is 12.2 Å². The zero-order valence-electron chi connectivity index (χ0n) is 7.37. The molecule has 0 saturated carbocycles. The van der Waals surface area contributed by atoms with Gasteiger partial charge in [0.1, 0.15) is 0 Å². The largest absolute Gasteiger partial charge is 0.469 e. The van der Waals surface area contributed by atoms with E-state index in [2.05, 4.69) is 4.74 Å². The van der Waals surface area contributed by atoms with Gasteiger partial charge in [0.25, 0.3) is 0 Å². The Morgan fingerprint density at radius 2 is 2.46 bits per heavy atom. The van der Waals surface area contributed by atoms with Gasteiger partial charge in [-0.25, -0.2) is 0 Å². The Labute approximate surface area is 82.2 Å². The zero-order chi connectivity index (χ0) is 9.84. The first-order chi connectivity index (χ1) is 6.19. The van der Waals surface area contributed by atoms with Crippen LogP contribution in [0.2, 0.25) is 0 Å². The molecule has 1 aliphatic rings. The molecule has 4 heteroatoms. The topological polar surface area (TPSA) is 52.3 Å². The number of nitrogens with two attached hydrogens (primary N) is 1. The van der Waals surface area contributed by atoms with E-state index in [1.165, 1.54) is 7.11 Å². The Balaban J connectivity index is 2.77. The van der Waals surface area contributed by atoms with Crippen LogP contribution in [0.4, 0.5) is 0 Å². The van der Waals surface area contributed by atoms with E-state index in [1.807, 2.05) is 0 Å². The summed E-state index contributed by atoms with van der Waals surface area (Å²) in [5.74, 6) is -0.260. The second-order valence-electron chi connectivity index (χ2n) is 2.89. The number of halogens is 1. The third-order valence-corrected chi connectivity index (χ3v) is 2.37. The summed E-state index contributed by atoms with van der Waals surface area (Å²) in [6.45, 7) is 0. The highest BCUT2D eigenvalue weighted by atomic mass is 35.5. The molecular formula is C9H12ClNO2. The lowest BCUT2D eigenvalue weighted by molar-refractivity contribution is -0.144. The van der Waals surface area contributed by atoms with Crippen LogP contribution in [0.15, 0.2) is 23.9 Å². The highest BCUT2D eigenvalue weighted by molar-refractivity contribution is 6.18. The van der Waals surface area contributed by atoms with Gasteiger partial charge >= 0.3 is 5.97 Å². The molecule has 0 bridgehead atoms. The van der Waals surface area contributed by atoms with E-state index in [4.69, 9.17) is 17.3 Å². The maximum atomic E-state index is 11.2. The van der Waals surface area contributed by atoms with E-state index in [0.717, 1.165) is 0 Å². The SMILES string of the molecule is COC(=O)C1C=CC(N)=CC1CCl. The number of hydrogen-bond acceptors (Lipinski definition) is 3. The molecule has 0 amide bonds. The molecule has 1 rings (SSSR count). The van der Waals surface area contributed by atoms with Crippen molar-refractivity contribution in [2.45, 2.75) is 0 Å². The molecule has 0 aromatic rings. The molecule has 0 heterocycles. The fourth-order valence-corrected chi connectivity index (χ4v) is 1.57. The number of allylic oxidation sites excluding steroid dienone is 2. The Morgan fingerprint density at radius 1 is 1.77 bits per heavy atom. The molecule has 0 aromatic carbocycles. The van der Waals surface area contributed by atoms with Gasteiger partial charge in [-0.3, -0.25) is 4.79 Å². The van der Waals surface area contributed by atoms with Gasteiger partial charge in [0.2, 0.25) is 0 Å². The number of esters is 1. The van der Waals surface area contributed by atoms with Crippen LogP contribution < -0.4 is 5.73 Å². The second-order valence-corrected chi connectivity index (χ2v) is 3.20. The average Bonchev–Trinajstić information content (AvgIpc) is 2.16. The summed E-state index contributed by atoms with van der Waals surface area (Å²) in [4.78, 5) is 11.2. The summed E-state index contributed by atoms with van der Waals surface area (Å²) in [5, 5.41) is 0. The normalized spacial score (nSPS) is 26.8. The van der Waals surface area contributed by atoms with Gasteiger partial charge in [0.15, 0.2) is 0 Å². The first kappa shape index (κ1) is 10.1. The minimum atomic E-state index is -0.296. The van der Waals surface area contributed by atoms with Gasteiger partial charge in [-0.2, -0.15) is 0 Å². The summed E-state index contributed by atoms with van der Waals surface area (Å²) >= 11 is 5.70. The van der Waals surface area contributed by atoms with Crippen molar-refractivity contribution < 1.29 is 9.53 Å². The Morgan fingerprint density at radius 3 is 3.00 bits per heavy atom. The van der Waals surface area contributed by atoms with Crippen molar-refractivity contribution in [2.75, 3.05) is 13.0 Å². The van der Waals surface area contributed by atoms with E-state index in [0.29, 0.717) is 11.6 Å². The lowest BCUT2D eigenvalue weighted by Crippen LogP contribution is -2.26. The minimum absolute atomic E-state index is 0.0564. The molecule has 3 nitrogen and oxygen atoms in total. The van der Waals surface area contributed by atoms with E-state index >= 15 is 0 Å². The van der Waals surface area contributed by atoms with E-state index in [-0.39, 0.29) is 17.8 Å². The van der Waals surface area contributed by atoms with Crippen molar-refractivity contribution in [1.29, 1.82) is 0 Å². The molecule has 2 N–H and O–H groups in total. The molecule has 2 unspecified atom stereocenters. The third-order valence-electron chi connectivity index (χ3n) is 2.02. The summed E-state index contributed by atoms with van der Waals surface area (Å²) < 4.78 is 4.64. The van der Waals surface area contributed by atoms with Gasteiger partial charge in [0.05, 0.1) is 13.0 Å². The maximum Gasteiger partial charge on any atom is 0.313 e. The zero-order valence-corrected chi connectivity index (χ0v) is 8.12. The van der Waals surface area contributed by atoms with Gasteiger partial charge < -0.3 is 10.5 Å². The Bertz CT molecular complexity index is 260. The van der Waals surface area contributed by atoms with E-state index in [1.54, 1.807) is 18.2 Å². The van der Waals surface area contributed by atoms with Gasteiger partial charge in [-0.05, 0) is 6.08 Å². The van der Waals surface area contributed by atoms with E-state index < -0.39 is 0 Å². The lowest BCUT2D eigenvalue weighted by atomic mass is 9.89. The fourth-order valence-electron chi connectivity index (χ4n) is 1.29. The lowest BCUT2D eigenvalue weighted by Gasteiger charge is -2.20. The monoisotopic (exact) mass is 201 g/mol. The quantitative estimate of drug-likeness (QED) is 0.537. The summed E-state index contributed by atoms with van der Waals surface area (Å²) in [6.07, 6.45) is 5.22. The summed E-state index contributed by atoms with van der Waals surface area (Å²) in [7, 11) is 1.36. The smallest absolute Gasteiger partial charge is 0.313 e. The number of carbonyl (C=O) groups is 1. The highest BCUT2D eigenvalue weighted by Gasteiger charge is 2.26. The molecule has 0 aromatic heterocycles. The van der Waals surface area contributed by atoms with Crippen molar-refractivity contribution >= 4 is 17.6 Å². The Hall–Kier alpha value is -0.960. The number of methoxy groups -OCH3 is 1. The summed E-state index contributed by atoms with van der Waals surface area (Å²) in [6, 6.07) is 0. The molecular weight excluding hydrogens is 190 g/mol. The van der Waals surface area contributed by atoms with Crippen LogP contribution >= 0.6 is 11.6 Å². The molecule has 0 spiro atoms. The number of carbonyl (C=O) groups excluding carboxylic acids is 1. The van der Waals surface area contributed by atoms with Crippen molar-refractivity contribution in [2.24, 2.45) is 17.6 Å². The highest BCUT2D eigenvalue weighted by Crippen LogP contribution is 2.23. The minimum Gasteiger partial charge on any atom is -0.469 e. The van der Waals surface area contributed by atoms with Crippen LogP contribution in [0.5, 0.6) is 0 Å². The molecule has 0 aliphatic heterocycles. The van der Waals surface area contributed by atoms with Gasteiger partial charge in [0, 0.05) is 17.5 Å². The van der Waals surface area contributed by atoms with Crippen LogP contribution in [0, 0.1) is 11.8 Å². The standard InChI is InChI=1S/C9H12ClNO2/c1-13-9(12)8-3-2-7(11)4-6(8)5-10/h2-4,6,8H,5,11H2,1H3. The first-order valence-electron chi connectivity index (χ1n) is 3.98. The van der Waals surface area contributed by atoms with Crippen molar-refractivity contribution in [3.63, 3.8) is 0 Å². The molecule has 72 valence electrons. The molecule has 13 heavy (non-hydrogen) atoms. The van der Waals surface area contributed by atoms with Crippen LogP contribution in [0.25, 0.3) is 0 Å². The molecule has 2 atom stereocenters. The van der Waals surface area contributed by atoms with Crippen molar-refractivity contribution in [1.82, 2.24) is 0 Å². The predicted molar refractivity (Wildman–Crippen MR) is 51.1 cm³/mol. The van der Waals surface area contributed by atoms with Crippen LogP contribution in [0.1, 0.15) is 0 Å². The van der Waals surface area contributed by atoms with Crippen LogP contribution in [0.3, 0.4) is 0 Å². The number of ether oxygens (including phenoxy) is 1. The maximum absolute atomic E-state index is 11.2. The fraction of sp³-hybridized carbons (Fsp3) is 0.444. The molecule has 1 aliphatic carbocycles. The van der Waals surface area contributed by atoms with Crippen LogP contribution in [-0.2, 0) is 9.53 Å². The number of hydrogen-bond donors (Lipinski definition) is 1. The molecule has 0 saturated heterocycles. The molecule has 0 radical (unpaired) electrons. The molecule has 0 fully saturated rings. The second kappa shape index (κ2) is 4.33. The average molecular weight is 202 g/mol. The first-order valence-corrected chi connectivity index (χ1v) is 4.51. The van der Waals surface area contributed by atoms with Crippen LogP contribution in [-0.4, -0.2) is 19.0 Å². The number of alkyl halides is 1. The Kier molecular flexibility index (Phi) is 3.37. The van der Waals surface area contributed by atoms with Gasteiger partial charge in [-0.15, -0.1) is 11.6 Å².